The SMILES string of the molecule is CCc1nn(CCN2CCCC2)c2nnc(-c3ccccc3)c(Cl)c12. The predicted molar refractivity (Wildman–Crippen MR) is 101 cm³/mol. The topological polar surface area (TPSA) is 46.8 Å². The summed E-state index contributed by atoms with van der Waals surface area (Å²) in [7, 11) is 0. The Morgan fingerprint density at radius 1 is 1.04 bits per heavy atom. The lowest BCUT2D eigenvalue weighted by Crippen LogP contribution is -2.24. The van der Waals surface area contributed by atoms with Gasteiger partial charge in [-0.1, -0.05) is 48.9 Å². The molecule has 0 unspecified atom stereocenters. The first kappa shape index (κ1) is 16.5. The molecule has 3 aromatic rings. The van der Waals surface area contributed by atoms with Gasteiger partial charge in [0.15, 0.2) is 5.65 Å². The minimum absolute atomic E-state index is 0.653. The Morgan fingerprint density at radius 2 is 1.80 bits per heavy atom. The summed E-state index contributed by atoms with van der Waals surface area (Å²) < 4.78 is 1.97. The molecule has 130 valence electrons. The third kappa shape index (κ3) is 3.14. The van der Waals surface area contributed by atoms with Gasteiger partial charge in [0.2, 0.25) is 0 Å². The van der Waals surface area contributed by atoms with Crippen molar-refractivity contribution in [2.45, 2.75) is 32.7 Å². The lowest BCUT2D eigenvalue weighted by Gasteiger charge is -2.14. The number of aromatic nitrogens is 4. The number of rotatable bonds is 5. The summed E-state index contributed by atoms with van der Waals surface area (Å²) in [4.78, 5) is 2.48. The number of halogens is 1. The van der Waals surface area contributed by atoms with Gasteiger partial charge in [-0.2, -0.15) is 5.10 Å². The average Bonchev–Trinajstić information content (AvgIpc) is 3.29. The highest BCUT2D eigenvalue weighted by atomic mass is 35.5. The second-order valence-electron chi connectivity index (χ2n) is 6.50. The van der Waals surface area contributed by atoms with Gasteiger partial charge in [-0.25, -0.2) is 4.68 Å². The Hall–Kier alpha value is -1.98. The first-order chi connectivity index (χ1) is 12.3. The Labute approximate surface area is 152 Å². The fraction of sp³-hybridized carbons (Fsp3) is 0.421. The molecule has 4 rings (SSSR count). The van der Waals surface area contributed by atoms with E-state index in [4.69, 9.17) is 16.7 Å². The molecule has 1 fully saturated rings. The number of hydrogen-bond donors (Lipinski definition) is 0. The Morgan fingerprint density at radius 3 is 2.52 bits per heavy atom. The molecule has 0 aliphatic carbocycles. The maximum atomic E-state index is 6.73. The highest BCUT2D eigenvalue weighted by Gasteiger charge is 2.19. The summed E-state index contributed by atoms with van der Waals surface area (Å²) in [6.45, 7) is 6.30. The average molecular weight is 356 g/mol. The standard InChI is InChI=1S/C19H22ClN5/c1-2-15-16-17(20)18(14-8-4-3-5-9-14)21-22-19(16)25(23-15)13-12-24-10-6-7-11-24/h3-5,8-9H,2,6-7,10-13H2,1H3. The van der Waals surface area contributed by atoms with Gasteiger partial charge in [-0.05, 0) is 32.4 Å². The third-order valence-electron chi connectivity index (χ3n) is 4.88. The fourth-order valence-corrected chi connectivity index (χ4v) is 3.85. The van der Waals surface area contributed by atoms with E-state index in [0.717, 1.165) is 47.5 Å². The normalized spacial score (nSPS) is 15.3. The van der Waals surface area contributed by atoms with Crippen molar-refractivity contribution < 1.29 is 0 Å². The molecule has 0 saturated carbocycles. The molecule has 1 aliphatic rings. The van der Waals surface area contributed by atoms with Crippen molar-refractivity contribution in [2.24, 2.45) is 0 Å². The summed E-state index contributed by atoms with van der Waals surface area (Å²) in [5, 5.41) is 15.3. The summed E-state index contributed by atoms with van der Waals surface area (Å²) in [5.74, 6) is 0. The molecule has 3 heterocycles. The smallest absolute Gasteiger partial charge is 0.182 e. The number of hydrogen-bond acceptors (Lipinski definition) is 4. The van der Waals surface area contributed by atoms with Gasteiger partial charge >= 0.3 is 0 Å². The van der Waals surface area contributed by atoms with Gasteiger partial charge in [0.1, 0.15) is 5.69 Å². The zero-order valence-electron chi connectivity index (χ0n) is 14.5. The van der Waals surface area contributed by atoms with E-state index in [1.807, 2.05) is 35.0 Å². The Balaban J connectivity index is 1.73. The van der Waals surface area contributed by atoms with Crippen molar-refractivity contribution in [3.05, 3.63) is 41.0 Å². The minimum Gasteiger partial charge on any atom is -0.301 e. The van der Waals surface area contributed by atoms with Crippen molar-refractivity contribution in [1.29, 1.82) is 0 Å². The number of fused-ring (bicyclic) bond motifs is 1. The molecule has 0 N–H and O–H groups in total. The molecule has 0 bridgehead atoms. The van der Waals surface area contributed by atoms with Gasteiger partial charge in [-0.15, -0.1) is 10.2 Å². The highest BCUT2D eigenvalue weighted by Crippen LogP contribution is 2.33. The third-order valence-corrected chi connectivity index (χ3v) is 5.25. The van der Waals surface area contributed by atoms with Gasteiger partial charge in [0.25, 0.3) is 0 Å². The van der Waals surface area contributed by atoms with Crippen molar-refractivity contribution in [2.75, 3.05) is 19.6 Å². The number of benzene rings is 1. The van der Waals surface area contributed by atoms with Crippen LogP contribution in [0, 0.1) is 0 Å². The highest BCUT2D eigenvalue weighted by molar-refractivity contribution is 6.37. The van der Waals surface area contributed by atoms with Crippen molar-refractivity contribution >= 4 is 22.6 Å². The largest absolute Gasteiger partial charge is 0.301 e. The summed E-state index contributed by atoms with van der Waals surface area (Å²) in [6, 6.07) is 9.96. The molecule has 1 aromatic carbocycles. The molecular formula is C19H22ClN5. The van der Waals surface area contributed by atoms with E-state index in [1.54, 1.807) is 0 Å². The molecule has 0 spiro atoms. The van der Waals surface area contributed by atoms with Crippen LogP contribution in [0.2, 0.25) is 5.02 Å². The van der Waals surface area contributed by atoms with Crippen LogP contribution < -0.4 is 0 Å². The van der Waals surface area contributed by atoms with Crippen molar-refractivity contribution in [3.8, 4) is 11.3 Å². The Kier molecular flexibility index (Phi) is 4.68. The van der Waals surface area contributed by atoms with E-state index in [2.05, 4.69) is 22.0 Å². The minimum atomic E-state index is 0.653. The molecule has 0 radical (unpaired) electrons. The molecule has 25 heavy (non-hydrogen) atoms. The quantitative estimate of drug-likeness (QED) is 0.698. The van der Waals surface area contributed by atoms with Crippen molar-refractivity contribution in [1.82, 2.24) is 24.9 Å². The van der Waals surface area contributed by atoms with Crippen LogP contribution in [-0.2, 0) is 13.0 Å². The van der Waals surface area contributed by atoms with E-state index >= 15 is 0 Å². The first-order valence-electron chi connectivity index (χ1n) is 8.97. The monoisotopic (exact) mass is 355 g/mol. The van der Waals surface area contributed by atoms with E-state index in [9.17, 15) is 0 Å². The summed E-state index contributed by atoms with van der Waals surface area (Å²) >= 11 is 6.73. The van der Waals surface area contributed by atoms with Crippen molar-refractivity contribution in [3.63, 3.8) is 0 Å². The maximum Gasteiger partial charge on any atom is 0.182 e. The molecule has 1 saturated heterocycles. The number of aryl methyl sites for hydroxylation is 1. The van der Waals surface area contributed by atoms with Crippen LogP contribution in [0.5, 0.6) is 0 Å². The van der Waals surface area contributed by atoms with Crippen LogP contribution >= 0.6 is 11.6 Å². The number of likely N-dealkylation sites (tertiary alicyclic amines) is 1. The molecule has 2 aromatic heterocycles. The van der Waals surface area contributed by atoms with E-state index < -0.39 is 0 Å². The molecule has 5 nitrogen and oxygen atoms in total. The lowest BCUT2D eigenvalue weighted by atomic mass is 10.1. The van der Waals surface area contributed by atoms with E-state index in [-0.39, 0.29) is 0 Å². The van der Waals surface area contributed by atoms with Gasteiger partial charge < -0.3 is 4.90 Å². The Bertz CT molecular complexity index is 868. The van der Waals surface area contributed by atoms with Gasteiger partial charge in [-0.3, -0.25) is 0 Å². The van der Waals surface area contributed by atoms with Gasteiger partial charge in [0, 0.05) is 12.1 Å². The van der Waals surface area contributed by atoms with E-state index in [1.165, 1.54) is 25.9 Å². The molecule has 0 atom stereocenters. The zero-order valence-corrected chi connectivity index (χ0v) is 15.2. The van der Waals surface area contributed by atoms with Gasteiger partial charge in [0.05, 0.1) is 22.6 Å². The van der Waals surface area contributed by atoms with Crippen LogP contribution in [0.25, 0.3) is 22.3 Å². The van der Waals surface area contributed by atoms with Crippen LogP contribution in [0.4, 0.5) is 0 Å². The maximum absolute atomic E-state index is 6.73. The van der Waals surface area contributed by atoms with Crippen LogP contribution in [0.3, 0.4) is 0 Å². The predicted octanol–water partition coefficient (Wildman–Crippen LogP) is 3.80. The van der Waals surface area contributed by atoms with Crippen LogP contribution in [0.15, 0.2) is 30.3 Å². The summed E-state index contributed by atoms with van der Waals surface area (Å²) in [6.07, 6.45) is 3.42. The van der Waals surface area contributed by atoms with Crippen LogP contribution in [0.1, 0.15) is 25.5 Å². The second kappa shape index (κ2) is 7.10. The first-order valence-corrected chi connectivity index (χ1v) is 9.35. The second-order valence-corrected chi connectivity index (χ2v) is 6.88. The summed E-state index contributed by atoms with van der Waals surface area (Å²) in [5.41, 5.74) is 3.49. The molecular weight excluding hydrogens is 334 g/mol. The molecule has 6 heteroatoms. The fourth-order valence-electron chi connectivity index (χ4n) is 3.51. The lowest BCUT2D eigenvalue weighted by molar-refractivity contribution is 0.317. The van der Waals surface area contributed by atoms with Crippen LogP contribution in [-0.4, -0.2) is 44.5 Å². The number of nitrogens with zero attached hydrogens (tertiary/aromatic N) is 5. The molecule has 1 aliphatic heterocycles. The zero-order chi connectivity index (χ0) is 17.2. The van der Waals surface area contributed by atoms with E-state index in [0.29, 0.717) is 5.02 Å². The molecule has 0 amide bonds.